The fourth-order valence-electron chi connectivity index (χ4n) is 2.51. The number of rotatable bonds is 4. The van der Waals surface area contributed by atoms with Gasteiger partial charge in [-0.15, -0.1) is 0 Å². The average molecular weight is 365 g/mol. The molecule has 0 atom stereocenters. The van der Waals surface area contributed by atoms with Gasteiger partial charge in [0.1, 0.15) is 11.3 Å². The summed E-state index contributed by atoms with van der Waals surface area (Å²) in [5.41, 5.74) is -1.56. The van der Waals surface area contributed by atoms with Crippen LogP contribution in [0.25, 0.3) is 5.65 Å². The van der Waals surface area contributed by atoms with E-state index in [2.05, 4.69) is 10.3 Å². The number of imidazole rings is 1. The zero-order chi connectivity index (χ0) is 18.9. The normalized spacial score (nSPS) is 11.4. The van der Waals surface area contributed by atoms with Gasteiger partial charge in [0.2, 0.25) is 0 Å². The third-order valence-corrected chi connectivity index (χ3v) is 3.65. The molecular formula is C17H14F3N3O3. The molecule has 1 aromatic carbocycles. The number of halogens is 3. The number of carbonyl (C=O) groups is 1. The Morgan fingerprint density at radius 1 is 1.12 bits per heavy atom. The fraction of sp³-hybridized carbons (Fsp3) is 0.176. The van der Waals surface area contributed by atoms with Crippen LogP contribution in [0.4, 0.5) is 18.9 Å². The summed E-state index contributed by atoms with van der Waals surface area (Å²) in [6, 6.07) is 8.93. The van der Waals surface area contributed by atoms with Gasteiger partial charge in [0.15, 0.2) is 17.2 Å². The van der Waals surface area contributed by atoms with Crippen molar-refractivity contribution in [1.29, 1.82) is 0 Å². The lowest BCUT2D eigenvalue weighted by Crippen LogP contribution is -2.20. The molecule has 0 saturated carbocycles. The van der Waals surface area contributed by atoms with Crippen molar-refractivity contribution in [3.63, 3.8) is 0 Å². The number of pyridine rings is 1. The number of benzene rings is 1. The lowest BCUT2D eigenvalue weighted by molar-refractivity contribution is -0.141. The molecule has 0 bridgehead atoms. The molecule has 2 aromatic heterocycles. The van der Waals surface area contributed by atoms with Crippen molar-refractivity contribution < 1.29 is 27.4 Å². The summed E-state index contributed by atoms with van der Waals surface area (Å²) >= 11 is 0. The zero-order valence-electron chi connectivity index (χ0n) is 13.8. The minimum absolute atomic E-state index is 0.0253. The van der Waals surface area contributed by atoms with E-state index in [4.69, 9.17) is 9.47 Å². The highest BCUT2D eigenvalue weighted by atomic mass is 19.4. The molecule has 1 amide bonds. The summed E-state index contributed by atoms with van der Waals surface area (Å²) < 4.78 is 51.2. The summed E-state index contributed by atoms with van der Waals surface area (Å²) in [6.45, 7) is 0. The van der Waals surface area contributed by atoms with E-state index in [0.29, 0.717) is 11.5 Å². The van der Waals surface area contributed by atoms with E-state index in [1.807, 2.05) is 0 Å². The van der Waals surface area contributed by atoms with E-state index in [0.717, 1.165) is 4.40 Å². The number of anilines is 1. The Morgan fingerprint density at radius 2 is 1.85 bits per heavy atom. The van der Waals surface area contributed by atoms with E-state index in [1.54, 1.807) is 6.07 Å². The predicted molar refractivity (Wildman–Crippen MR) is 87.7 cm³/mol. The second-order valence-corrected chi connectivity index (χ2v) is 5.26. The number of hydrogen-bond donors (Lipinski definition) is 1. The van der Waals surface area contributed by atoms with Crippen LogP contribution in [-0.4, -0.2) is 29.5 Å². The van der Waals surface area contributed by atoms with Gasteiger partial charge in [-0.05, 0) is 24.3 Å². The first kappa shape index (κ1) is 17.6. The number of ether oxygens (including phenoxy) is 2. The summed E-state index contributed by atoms with van der Waals surface area (Å²) in [6.07, 6.45) is -3.42. The molecule has 0 aliphatic carbocycles. The van der Waals surface area contributed by atoms with E-state index < -0.39 is 23.5 Å². The number of alkyl halides is 3. The van der Waals surface area contributed by atoms with Gasteiger partial charge in [0, 0.05) is 18.0 Å². The van der Waals surface area contributed by atoms with Crippen LogP contribution in [-0.2, 0) is 6.18 Å². The minimum Gasteiger partial charge on any atom is -0.493 e. The number of aromatic nitrogens is 2. The van der Waals surface area contributed by atoms with Crippen LogP contribution in [0.2, 0.25) is 0 Å². The number of methoxy groups -OCH3 is 2. The molecule has 2 heterocycles. The lowest BCUT2D eigenvalue weighted by Gasteiger charge is -2.11. The van der Waals surface area contributed by atoms with Crippen LogP contribution in [0.15, 0.2) is 42.6 Å². The number of hydrogen-bond acceptors (Lipinski definition) is 4. The molecule has 3 aromatic rings. The number of carbonyl (C=O) groups excluding carboxylic acids is 1. The average Bonchev–Trinajstić information content (AvgIpc) is 3.01. The Bertz CT molecular complexity index is 967. The topological polar surface area (TPSA) is 64.9 Å². The largest absolute Gasteiger partial charge is 0.493 e. The van der Waals surface area contributed by atoms with Crippen molar-refractivity contribution in [2.75, 3.05) is 19.5 Å². The van der Waals surface area contributed by atoms with Gasteiger partial charge in [-0.1, -0.05) is 6.07 Å². The molecule has 0 aliphatic heterocycles. The standard InChI is InChI=1S/C17H14F3N3O3/c1-25-11-7-6-10(9-12(11)26-2)21-16(24)14-15(17(18,19)20)22-13-5-3-4-8-23(13)14/h3-9H,1-2H3,(H,21,24). The van der Waals surface area contributed by atoms with E-state index in [9.17, 15) is 18.0 Å². The Kier molecular flexibility index (Phi) is 4.45. The molecule has 0 radical (unpaired) electrons. The van der Waals surface area contributed by atoms with Gasteiger partial charge >= 0.3 is 6.18 Å². The number of nitrogens with zero attached hydrogens (tertiary/aromatic N) is 2. The van der Waals surface area contributed by atoms with E-state index in [-0.39, 0.29) is 11.3 Å². The van der Waals surface area contributed by atoms with Crippen molar-refractivity contribution in [3.05, 3.63) is 54.0 Å². The number of nitrogens with one attached hydrogen (secondary N) is 1. The Morgan fingerprint density at radius 3 is 2.50 bits per heavy atom. The molecule has 0 spiro atoms. The lowest BCUT2D eigenvalue weighted by atomic mass is 10.2. The van der Waals surface area contributed by atoms with Crippen LogP contribution >= 0.6 is 0 Å². The Labute approximate surface area is 146 Å². The Hall–Kier alpha value is -3.23. The molecule has 0 unspecified atom stereocenters. The van der Waals surface area contributed by atoms with E-state index in [1.165, 1.54) is 50.7 Å². The van der Waals surface area contributed by atoms with E-state index >= 15 is 0 Å². The molecule has 1 N–H and O–H groups in total. The summed E-state index contributed by atoms with van der Waals surface area (Å²) in [5.74, 6) is -0.181. The first-order valence-corrected chi connectivity index (χ1v) is 7.43. The van der Waals surface area contributed by atoms with Gasteiger partial charge in [0.05, 0.1) is 14.2 Å². The smallest absolute Gasteiger partial charge is 0.435 e. The fourth-order valence-corrected chi connectivity index (χ4v) is 2.51. The molecular weight excluding hydrogens is 351 g/mol. The summed E-state index contributed by atoms with van der Waals surface area (Å²) in [4.78, 5) is 16.1. The van der Waals surface area contributed by atoms with Crippen LogP contribution < -0.4 is 14.8 Å². The quantitative estimate of drug-likeness (QED) is 0.767. The van der Waals surface area contributed by atoms with Gasteiger partial charge < -0.3 is 14.8 Å². The van der Waals surface area contributed by atoms with Gasteiger partial charge in [-0.3, -0.25) is 9.20 Å². The molecule has 26 heavy (non-hydrogen) atoms. The summed E-state index contributed by atoms with van der Waals surface area (Å²) in [5, 5.41) is 2.44. The van der Waals surface area contributed by atoms with Crippen molar-refractivity contribution >= 4 is 17.2 Å². The molecule has 0 fully saturated rings. The molecule has 3 rings (SSSR count). The van der Waals surface area contributed by atoms with Crippen LogP contribution in [0.1, 0.15) is 16.2 Å². The van der Waals surface area contributed by atoms with Crippen LogP contribution in [0.5, 0.6) is 11.5 Å². The maximum absolute atomic E-state index is 13.3. The van der Waals surface area contributed by atoms with Gasteiger partial charge in [0.25, 0.3) is 5.91 Å². The third kappa shape index (κ3) is 3.15. The van der Waals surface area contributed by atoms with Gasteiger partial charge in [-0.2, -0.15) is 13.2 Å². The molecule has 136 valence electrons. The molecule has 6 nitrogen and oxygen atoms in total. The van der Waals surface area contributed by atoms with Gasteiger partial charge in [-0.25, -0.2) is 4.98 Å². The SMILES string of the molecule is COc1ccc(NC(=O)c2c(C(F)(F)F)nc3ccccn23)cc1OC. The van der Waals surface area contributed by atoms with Crippen molar-refractivity contribution in [1.82, 2.24) is 9.38 Å². The number of amides is 1. The first-order valence-electron chi connectivity index (χ1n) is 7.43. The first-order chi connectivity index (χ1) is 12.3. The van der Waals surface area contributed by atoms with Crippen LogP contribution in [0.3, 0.4) is 0 Å². The molecule has 0 aliphatic rings. The zero-order valence-corrected chi connectivity index (χ0v) is 13.8. The monoisotopic (exact) mass is 365 g/mol. The Balaban J connectivity index is 2.03. The van der Waals surface area contributed by atoms with Crippen molar-refractivity contribution in [2.45, 2.75) is 6.18 Å². The number of fused-ring (bicyclic) bond motifs is 1. The van der Waals surface area contributed by atoms with Crippen LogP contribution in [0, 0.1) is 0 Å². The molecule has 9 heteroatoms. The second-order valence-electron chi connectivity index (χ2n) is 5.26. The highest BCUT2D eigenvalue weighted by Gasteiger charge is 2.40. The maximum atomic E-state index is 13.3. The predicted octanol–water partition coefficient (Wildman–Crippen LogP) is 3.62. The van der Waals surface area contributed by atoms with Crippen molar-refractivity contribution in [3.8, 4) is 11.5 Å². The summed E-state index contributed by atoms with van der Waals surface area (Å²) in [7, 11) is 2.86. The highest BCUT2D eigenvalue weighted by Crippen LogP contribution is 2.33. The minimum atomic E-state index is -4.77. The molecule has 0 saturated heterocycles. The third-order valence-electron chi connectivity index (χ3n) is 3.65. The second kappa shape index (κ2) is 6.58. The highest BCUT2D eigenvalue weighted by molar-refractivity contribution is 6.04. The maximum Gasteiger partial charge on any atom is 0.435 e. The van der Waals surface area contributed by atoms with Crippen molar-refractivity contribution in [2.24, 2.45) is 0 Å².